The Labute approximate surface area is 120 Å². The molecule has 1 aromatic carbocycles. The molecular weight excluding hydrogens is 255 g/mol. The third kappa shape index (κ3) is 2.58. The molecule has 1 heterocycles. The van der Waals surface area contributed by atoms with Crippen LogP contribution in [0.3, 0.4) is 0 Å². The van der Waals surface area contributed by atoms with E-state index in [0.29, 0.717) is 11.0 Å². The minimum absolute atomic E-state index is 0.128. The van der Waals surface area contributed by atoms with Gasteiger partial charge >= 0.3 is 7.12 Å². The van der Waals surface area contributed by atoms with Crippen molar-refractivity contribution in [2.45, 2.75) is 58.3 Å². The van der Waals surface area contributed by atoms with Crippen LogP contribution in [0, 0.1) is 0 Å². The molecule has 1 saturated heterocycles. The summed E-state index contributed by atoms with van der Waals surface area (Å²) in [5.74, 6) is 0.128. The third-order valence-corrected chi connectivity index (χ3v) is 4.20. The summed E-state index contributed by atoms with van der Waals surface area (Å²) in [6.07, 6.45) is 0. The van der Waals surface area contributed by atoms with Crippen molar-refractivity contribution in [2.75, 3.05) is 0 Å². The Hall–Kier alpha value is -1.04. The number of aliphatic hydroxyl groups is 1. The molecule has 0 aliphatic carbocycles. The Bertz CT molecular complexity index is 501. The molecule has 5 heteroatoms. The van der Waals surface area contributed by atoms with Gasteiger partial charge in [-0.2, -0.15) is 0 Å². The number of hydrogen-bond acceptors (Lipinski definition) is 4. The summed E-state index contributed by atoms with van der Waals surface area (Å²) in [5.41, 5.74) is -0.600. The first-order valence-electron chi connectivity index (χ1n) is 6.85. The van der Waals surface area contributed by atoms with Crippen molar-refractivity contribution in [1.29, 1.82) is 0 Å². The van der Waals surface area contributed by atoms with Gasteiger partial charge in [0.2, 0.25) is 0 Å². The fourth-order valence-corrected chi connectivity index (χ4v) is 2.27. The molecule has 1 aromatic rings. The lowest BCUT2D eigenvalue weighted by atomic mass is 9.72. The van der Waals surface area contributed by atoms with Gasteiger partial charge in [-0.3, -0.25) is 0 Å². The first kappa shape index (κ1) is 15.4. The Morgan fingerprint density at radius 2 is 1.55 bits per heavy atom. The fraction of sp³-hybridized carbons (Fsp3) is 0.600. The van der Waals surface area contributed by atoms with Crippen molar-refractivity contribution < 1.29 is 19.5 Å². The molecule has 0 spiro atoms. The average Bonchev–Trinajstić information content (AvgIpc) is 2.46. The molecule has 2 rings (SSSR count). The van der Waals surface area contributed by atoms with Crippen LogP contribution in [0.5, 0.6) is 5.75 Å². The molecule has 0 atom stereocenters. The Morgan fingerprint density at radius 3 is 2.00 bits per heavy atom. The van der Waals surface area contributed by atoms with Crippen LogP contribution < -0.4 is 5.46 Å². The molecule has 20 heavy (non-hydrogen) atoms. The van der Waals surface area contributed by atoms with E-state index in [0.717, 1.165) is 0 Å². The molecule has 0 bridgehead atoms. The molecule has 0 aromatic heterocycles. The molecule has 2 N–H and O–H groups in total. The van der Waals surface area contributed by atoms with E-state index < -0.39 is 23.9 Å². The lowest BCUT2D eigenvalue weighted by Gasteiger charge is -2.32. The Balaban J connectivity index is 2.47. The number of phenolic OH excluding ortho intramolecular Hbond substituents is 1. The summed E-state index contributed by atoms with van der Waals surface area (Å²) in [7, 11) is -0.603. The van der Waals surface area contributed by atoms with Crippen LogP contribution in [-0.4, -0.2) is 28.5 Å². The van der Waals surface area contributed by atoms with Crippen LogP contribution in [0.25, 0.3) is 0 Å². The van der Waals surface area contributed by atoms with Crippen LogP contribution in [-0.2, 0) is 14.9 Å². The maximum Gasteiger partial charge on any atom is 0.495 e. The maximum absolute atomic E-state index is 10.3. The molecule has 1 fully saturated rings. The molecule has 0 saturated carbocycles. The van der Waals surface area contributed by atoms with Gasteiger partial charge in [-0.05, 0) is 64.7 Å². The van der Waals surface area contributed by atoms with E-state index in [1.165, 1.54) is 0 Å². The van der Waals surface area contributed by atoms with Crippen LogP contribution in [0.2, 0.25) is 0 Å². The number of benzene rings is 1. The van der Waals surface area contributed by atoms with Gasteiger partial charge in [-0.15, -0.1) is 0 Å². The largest absolute Gasteiger partial charge is 0.508 e. The zero-order chi connectivity index (χ0) is 15.3. The van der Waals surface area contributed by atoms with Crippen molar-refractivity contribution in [3.63, 3.8) is 0 Å². The highest BCUT2D eigenvalue weighted by Gasteiger charge is 2.52. The van der Waals surface area contributed by atoms with Gasteiger partial charge in [0, 0.05) is 0 Å². The summed E-state index contributed by atoms with van der Waals surface area (Å²) in [6.45, 7) is 11.3. The van der Waals surface area contributed by atoms with Gasteiger partial charge in [0.05, 0.1) is 16.8 Å². The summed E-state index contributed by atoms with van der Waals surface area (Å²) in [5, 5.41) is 20.0. The van der Waals surface area contributed by atoms with Crippen molar-refractivity contribution in [3.05, 3.63) is 23.8 Å². The zero-order valence-corrected chi connectivity index (χ0v) is 13.0. The first-order chi connectivity index (χ1) is 8.94. The zero-order valence-electron chi connectivity index (χ0n) is 13.0. The summed E-state index contributed by atoms with van der Waals surface area (Å²) in [6, 6.07) is 4.85. The van der Waals surface area contributed by atoms with Crippen molar-refractivity contribution in [1.82, 2.24) is 0 Å². The quantitative estimate of drug-likeness (QED) is 0.811. The van der Waals surface area contributed by atoms with Gasteiger partial charge in [0.25, 0.3) is 0 Å². The molecule has 110 valence electrons. The number of hydrogen-bond donors (Lipinski definition) is 2. The summed E-state index contributed by atoms with van der Waals surface area (Å²) in [4.78, 5) is 0. The molecule has 0 amide bonds. The van der Waals surface area contributed by atoms with Crippen LogP contribution in [0.4, 0.5) is 0 Å². The average molecular weight is 278 g/mol. The van der Waals surface area contributed by atoms with E-state index in [4.69, 9.17) is 9.31 Å². The van der Waals surface area contributed by atoms with Crippen molar-refractivity contribution in [2.24, 2.45) is 0 Å². The molecule has 0 radical (unpaired) electrons. The summed E-state index contributed by atoms with van der Waals surface area (Å²) >= 11 is 0. The van der Waals surface area contributed by atoms with Gasteiger partial charge in [-0.1, -0.05) is 6.07 Å². The van der Waals surface area contributed by atoms with Crippen LogP contribution in [0.1, 0.15) is 47.1 Å². The van der Waals surface area contributed by atoms with E-state index in [1.54, 1.807) is 32.0 Å². The van der Waals surface area contributed by atoms with Gasteiger partial charge in [0.15, 0.2) is 0 Å². The monoisotopic (exact) mass is 278 g/mol. The fourth-order valence-electron chi connectivity index (χ4n) is 2.27. The lowest BCUT2D eigenvalue weighted by molar-refractivity contribution is 0.00578. The van der Waals surface area contributed by atoms with Crippen molar-refractivity contribution in [3.8, 4) is 5.75 Å². The van der Waals surface area contributed by atoms with E-state index in [2.05, 4.69) is 0 Å². The number of rotatable bonds is 2. The molecule has 1 aliphatic heterocycles. The number of aromatic hydroxyl groups is 1. The highest BCUT2D eigenvalue weighted by molar-refractivity contribution is 6.62. The second-order valence-corrected chi connectivity index (χ2v) is 6.92. The van der Waals surface area contributed by atoms with Crippen LogP contribution in [0.15, 0.2) is 18.2 Å². The van der Waals surface area contributed by atoms with E-state index >= 15 is 0 Å². The Kier molecular flexibility index (Phi) is 3.44. The topological polar surface area (TPSA) is 58.9 Å². The Morgan fingerprint density at radius 1 is 1.05 bits per heavy atom. The van der Waals surface area contributed by atoms with Gasteiger partial charge in [0.1, 0.15) is 5.75 Å². The van der Waals surface area contributed by atoms with Crippen molar-refractivity contribution >= 4 is 12.6 Å². The van der Waals surface area contributed by atoms with E-state index in [1.807, 2.05) is 27.7 Å². The van der Waals surface area contributed by atoms with Gasteiger partial charge < -0.3 is 19.5 Å². The molecule has 1 aliphatic rings. The highest BCUT2D eigenvalue weighted by Crippen LogP contribution is 2.37. The molecule has 0 unspecified atom stereocenters. The minimum atomic E-state index is -1.04. The molecule has 4 nitrogen and oxygen atoms in total. The standard InChI is InChI=1S/C15H23BO4/c1-13(2,18)11-8-7-10(17)9-12(11)16-19-14(3,4)15(5,6)20-16/h7-9,17-18H,1-6H3. The second-order valence-electron chi connectivity index (χ2n) is 6.92. The summed E-state index contributed by atoms with van der Waals surface area (Å²) < 4.78 is 12.0. The van der Waals surface area contributed by atoms with E-state index in [-0.39, 0.29) is 5.75 Å². The minimum Gasteiger partial charge on any atom is -0.508 e. The lowest BCUT2D eigenvalue weighted by Crippen LogP contribution is -2.41. The smallest absolute Gasteiger partial charge is 0.495 e. The van der Waals surface area contributed by atoms with E-state index in [9.17, 15) is 10.2 Å². The second kappa shape index (κ2) is 4.48. The SMILES string of the molecule is CC(C)(O)c1ccc(O)cc1B1OC(C)(C)C(C)(C)O1. The van der Waals surface area contributed by atoms with Gasteiger partial charge in [-0.25, -0.2) is 0 Å². The highest BCUT2D eigenvalue weighted by atomic mass is 16.7. The third-order valence-electron chi connectivity index (χ3n) is 4.20. The predicted molar refractivity (Wildman–Crippen MR) is 79.1 cm³/mol. The maximum atomic E-state index is 10.3. The normalized spacial score (nSPS) is 21.2. The number of phenols is 1. The van der Waals surface area contributed by atoms with Crippen LogP contribution >= 0.6 is 0 Å². The first-order valence-corrected chi connectivity index (χ1v) is 6.85. The molecular formula is C15H23BO4. The predicted octanol–water partition coefficient (Wildman–Crippen LogP) is 1.92.